The highest BCUT2D eigenvalue weighted by Gasteiger charge is 2.28. The standard InChI is InChI=1S/C46H38/c1-2-3-4-5-6-8-15-30-22-24-32(25-23-30)42-45-39-28-35-20-13-11-18-33(35)26-37(39)43(45)41(31-16-9-7-10-17-31)44-38-27-34-19-12-14-21-36(34)29-40(38)46(42)44/h7,9-14,16-29H,2-6,8,15H2,1H3. The summed E-state index contributed by atoms with van der Waals surface area (Å²) in [5, 5.41) is 16.4. The average molecular weight is 591 g/mol. The number of unbranched alkanes of at least 4 members (excludes halogenated alkanes) is 5. The van der Waals surface area contributed by atoms with Crippen LogP contribution in [0.1, 0.15) is 51.0 Å². The molecule has 46 heavy (non-hydrogen) atoms. The summed E-state index contributed by atoms with van der Waals surface area (Å²) in [6.07, 6.45) is 9.18. The molecule has 0 unspecified atom stereocenters. The van der Waals surface area contributed by atoms with Crippen molar-refractivity contribution in [2.24, 2.45) is 0 Å². The van der Waals surface area contributed by atoms with Gasteiger partial charge in [-0.05, 0) is 130 Å². The van der Waals surface area contributed by atoms with Crippen LogP contribution in [0.3, 0.4) is 0 Å². The zero-order valence-corrected chi connectivity index (χ0v) is 26.6. The zero-order chi connectivity index (χ0) is 30.6. The van der Waals surface area contributed by atoms with Gasteiger partial charge in [0.05, 0.1) is 0 Å². The fourth-order valence-corrected chi connectivity index (χ4v) is 8.14. The number of benzene rings is 7. The van der Waals surface area contributed by atoms with Gasteiger partial charge in [-0.2, -0.15) is 0 Å². The molecule has 0 spiro atoms. The van der Waals surface area contributed by atoms with E-state index >= 15 is 0 Å². The minimum Gasteiger partial charge on any atom is -0.0654 e. The van der Waals surface area contributed by atoms with Crippen molar-refractivity contribution in [2.75, 3.05) is 0 Å². The molecule has 0 bridgehead atoms. The van der Waals surface area contributed by atoms with Crippen LogP contribution in [-0.2, 0) is 6.42 Å². The van der Waals surface area contributed by atoms with Crippen molar-refractivity contribution < 1.29 is 0 Å². The van der Waals surface area contributed by atoms with Crippen molar-refractivity contribution in [1.29, 1.82) is 0 Å². The molecule has 222 valence electrons. The molecule has 9 aromatic rings. The molecular weight excluding hydrogens is 553 g/mol. The van der Waals surface area contributed by atoms with Crippen molar-refractivity contribution >= 4 is 64.6 Å². The summed E-state index contributed by atoms with van der Waals surface area (Å²) in [6.45, 7) is 2.29. The topological polar surface area (TPSA) is 0 Å². The van der Waals surface area contributed by atoms with Crippen LogP contribution in [0.4, 0.5) is 0 Å². The molecule has 0 saturated carbocycles. The molecule has 0 aromatic heterocycles. The molecule has 0 radical (unpaired) electrons. The van der Waals surface area contributed by atoms with Crippen LogP contribution in [-0.4, -0.2) is 0 Å². The van der Waals surface area contributed by atoms with Crippen LogP contribution < -0.4 is 0 Å². The summed E-state index contributed by atoms with van der Waals surface area (Å²) in [6, 6.07) is 48.1. The molecule has 0 nitrogen and oxygen atoms in total. The lowest BCUT2D eigenvalue weighted by Gasteiger charge is -2.28. The fraction of sp³-hybridized carbons (Fsp3) is 0.174. The Morgan fingerprint density at radius 1 is 0.370 bits per heavy atom. The van der Waals surface area contributed by atoms with E-state index in [0.29, 0.717) is 0 Å². The Balaban J connectivity index is 1.31. The quantitative estimate of drug-likeness (QED) is 0.147. The molecule has 0 heteroatoms. The average Bonchev–Trinajstić information content (AvgIpc) is 3.10. The van der Waals surface area contributed by atoms with E-state index in [1.54, 1.807) is 0 Å². The Kier molecular flexibility index (Phi) is 6.63. The van der Waals surface area contributed by atoms with Crippen molar-refractivity contribution in [3.05, 3.63) is 133 Å². The molecule has 0 N–H and O–H groups in total. The lowest BCUT2D eigenvalue weighted by Crippen LogP contribution is -2.00. The van der Waals surface area contributed by atoms with Gasteiger partial charge in [0.1, 0.15) is 0 Å². The molecule has 9 rings (SSSR count). The minimum absolute atomic E-state index is 1.17. The third kappa shape index (κ3) is 4.27. The van der Waals surface area contributed by atoms with E-state index in [4.69, 9.17) is 0 Å². The van der Waals surface area contributed by atoms with Crippen LogP contribution in [0, 0.1) is 0 Å². The van der Waals surface area contributed by atoms with E-state index < -0.39 is 0 Å². The van der Waals surface area contributed by atoms with E-state index in [0.717, 1.165) is 0 Å². The first-order chi connectivity index (χ1) is 22.8. The second-order valence-electron chi connectivity index (χ2n) is 13.3. The molecule has 0 aliphatic rings. The SMILES string of the molecule is CCCCCCCCc1ccc(-c2c3c4cc5ccccc5cc4c3c(-c3ccccc3)c3c4cc5ccccc5cc4c23)cc1. The van der Waals surface area contributed by atoms with E-state index in [1.807, 2.05) is 0 Å². The van der Waals surface area contributed by atoms with Crippen molar-refractivity contribution in [3.63, 3.8) is 0 Å². The first-order valence-corrected chi connectivity index (χ1v) is 17.3. The summed E-state index contributed by atoms with van der Waals surface area (Å²) in [5.41, 5.74) is 6.88. The van der Waals surface area contributed by atoms with Crippen molar-refractivity contribution in [3.8, 4) is 22.3 Å². The largest absolute Gasteiger partial charge is 0.0654 e. The molecular formula is C46H38. The Bertz CT molecular complexity index is 2360. The van der Waals surface area contributed by atoms with E-state index in [-0.39, 0.29) is 0 Å². The molecule has 0 aliphatic carbocycles. The first-order valence-electron chi connectivity index (χ1n) is 17.3. The van der Waals surface area contributed by atoms with Gasteiger partial charge < -0.3 is 0 Å². The predicted molar refractivity (Wildman–Crippen MR) is 202 cm³/mol. The highest BCUT2D eigenvalue weighted by atomic mass is 14.3. The minimum atomic E-state index is 1.17. The van der Waals surface area contributed by atoms with Gasteiger partial charge in [-0.1, -0.05) is 142 Å². The van der Waals surface area contributed by atoms with Gasteiger partial charge >= 0.3 is 0 Å². The molecule has 0 amide bonds. The lowest BCUT2D eigenvalue weighted by molar-refractivity contribution is 0.607. The smallest absolute Gasteiger partial charge is 0.000718 e. The number of rotatable bonds is 9. The van der Waals surface area contributed by atoms with Crippen molar-refractivity contribution in [2.45, 2.75) is 51.9 Å². The first kappa shape index (κ1) is 27.4. The summed E-state index contributed by atoms with van der Waals surface area (Å²) in [7, 11) is 0. The molecule has 0 atom stereocenters. The van der Waals surface area contributed by atoms with Gasteiger partial charge in [0.25, 0.3) is 0 Å². The normalized spacial score (nSPS) is 12.2. The summed E-state index contributed by atoms with van der Waals surface area (Å²) >= 11 is 0. The maximum absolute atomic E-state index is 2.44. The number of hydrogen-bond donors (Lipinski definition) is 0. The fourth-order valence-electron chi connectivity index (χ4n) is 8.14. The molecule has 0 saturated heterocycles. The molecule has 9 aromatic carbocycles. The Labute approximate surface area is 271 Å². The second-order valence-corrected chi connectivity index (χ2v) is 13.3. The highest BCUT2D eigenvalue weighted by molar-refractivity contribution is 6.47. The number of hydrogen-bond acceptors (Lipinski definition) is 0. The predicted octanol–water partition coefficient (Wildman–Crippen LogP) is 13.7. The Morgan fingerprint density at radius 2 is 0.761 bits per heavy atom. The molecule has 0 aliphatic heterocycles. The summed E-state index contributed by atoms with van der Waals surface area (Å²) in [5.74, 6) is 0. The van der Waals surface area contributed by atoms with Crippen LogP contribution in [0.5, 0.6) is 0 Å². The van der Waals surface area contributed by atoms with E-state index in [2.05, 4.69) is 134 Å². The summed E-state index contributed by atoms with van der Waals surface area (Å²) < 4.78 is 0. The maximum Gasteiger partial charge on any atom is -0.000718 e. The summed E-state index contributed by atoms with van der Waals surface area (Å²) in [4.78, 5) is 0. The highest BCUT2D eigenvalue weighted by Crippen LogP contribution is 2.57. The lowest BCUT2D eigenvalue weighted by atomic mass is 9.74. The van der Waals surface area contributed by atoms with Gasteiger partial charge in [0, 0.05) is 0 Å². The van der Waals surface area contributed by atoms with E-state index in [9.17, 15) is 0 Å². The molecule has 0 heterocycles. The van der Waals surface area contributed by atoms with Gasteiger partial charge in [-0.25, -0.2) is 0 Å². The molecule has 0 fully saturated rings. The van der Waals surface area contributed by atoms with Crippen LogP contribution in [0.15, 0.2) is 127 Å². The van der Waals surface area contributed by atoms with Gasteiger partial charge in [-0.3, -0.25) is 0 Å². The van der Waals surface area contributed by atoms with Crippen LogP contribution in [0.2, 0.25) is 0 Å². The van der Waals surface area contributed by atoms with E-state index in [1.165, 1.54) is 137 Å². The zero-order valence-electron chi connectivity index (χ0n) is 26.6. The Morgan fingerprint density at radius 3 is 1.22 bits per heavy atom. The van der Waals surface area contributed by atoms with Crippen LogP contribution in [0.25, 0.3) is 86.9 Å². The third-order valence-corrected chi connectivity index (χ3v) is 10.5. The van der Waals surface area contributed by atoms with Gasteiger partial charge in [0.15, 0.2) is 0 Å². The Hall–Kier alpha value is -4.94. The second kappa shape index (κ2) is 11.1. The third-order valence-electron chi connectivity index (χ3n) is 10.5. The van der Waals surface area contributed by atoms with Gasteiger partial charge in [-0.15, -0.1) is 0 Å². The van der Waals surface area contributed by atoms with Crippen molar-refractivity contribution in [1.82, 2.24) is 0 Å². The van der Waals surface area contributed by atoms with Crippen LogP contribution >= 0.6 is 0 Å². The number of fused-ring (bicyclic) bond motifs is 10. The van der Waals surface area contributed by atoms with Gasteiger partial charge in [0.2, 0.25) is 0 Å². The maximum atomic E-state index is 2.44. The monoisotopic (exact) mass is 590 g/mol. The number of aryl methyl sites for hydroxylation is 1.